The topological polar surface area (TPSA) is 63.7 Å². The van der Waals surface area contributed by atoms with Gasteiger partial charge in [0.05, 0.1) is 11.5 Å². The predicted octanol–water partition coefficient (Wildman–Crippen LogP) is 4.75. The molecule has 0 unspecified atom stereocenters. The van der Waals surface area contributed by atoms with Crippen LogP contribution in [-0.2, 0) is 14.3 Å². The van der Waals surface area contributed by atoms with Crippen molar-refractivity contribution >= 4 is 46.7 Å². The minimum absolute atomic E-state index is 0.206. The number of imide groups is 1. The molecule has 0 atom stereocenters. The van der Waals surface area contributed by atoms with Gasteiger partial charge < -0.3 is 4.74 Å². The third kappa shape index (κ3) is 5.05. The van der Waals surface area contributed by atoms with E-state index in [9.17, 15) is 14.4 Å². The Labute approximate surface area is 172 Å². The van der Waals surface area contributed by atoms with E-state index < -0.39 is 17.1 Å². The van der Waals surface area contributed by atoms with Gasteiger partial charge in [0.25, 0.3) is 11.1 Å². The number of nitrogens with zero attached hydrogens (tertiary/aromatic N) is 1. The Morgan fingerprint density at radius 3 is 2.29 bits per heavy atom. The zero-order valence-corrected chi connectivity index (χ0v) is 17.1. The maximum absolute atomic E-state index is 12.4. The predicted molar refractivity (Wildman–Crippen MR) is 111 cm³/mol. The summed E-state index contributed by atoms with van der Waals surface area (Å²) in [6.07, 6.45) is 1.66. The lowest BCUT2D eigenvalue weighted by molar-refractivity contribution is -0.145. The maximum atomic E-state index is 12.4. The average molecular weight is 414 g/mol. The fraction of sp³-hybridized carbons (Fsp3) is 0.190. The third-order valence-corrected chi connectivity index (χ3v) is 5.82. The van der Waals surface area contributed by atoms with Crippen LogP contribution < -0.4 is 0 Å². The highest BCUT2D eigenvalue weighted by Gasteiger charge is 2.36. The normalized spacial score (nSPS) is 15.4. The number of rotatable bonds is 6. The molecule has 0 aliphatic carbocycles. The lowest BCUT2D eigenvalue weighted by atomic mass is 10.2. The Morgan fingerprint density at radius 1 is 1.07 bits per heavy atom. The van der Waals surface area contributed by atoms with Crippen molar-refractivity contribution in [3.05, 3.63) is 64.6 Å². The Kier molecular flexibility index (Phi) is 6.59. The number of carbonyl (C=O) groups excluding carboxylic acids is 3. The number of amides is 2. The van der Waals surface area contributed by atoms with Gasteiger partial charge in [-0.1, -0.05) is 41.6 Å². The highest BCUT2D eigenvalue weighted by molar-refractivity contribution is 8.18. The van der Waals surface area contributed by atoms with Crippen LogP contribution in [0.25, 0.3) is 6.08 Å². The van der Waals surface area contributed by atoms with Crippen molar-refractivity contribution < 1.29 is 19.1 Å². The Bertz CT molecular complexity index is 920. The molecule has 0 bridgehead atoms. The molecule has 3 rings (SSSR count). The minimum atomic E-state index is -0.594. The molecule has 7 heteroatoms. The van der Waals surface area contributed by atoms with E-state index in [4.69, 9.17) is 4.74 Å². The van der Waals surface area contributed by atoms with Crippen LogP contribution in [0.4, 0.5) is 4.79 Å². The van der Waals surface area contributed by atoms with Crippen molar-refractivity contribution in [2.75, 3.05) is 13.2 Å². The quantitative estimate of drug-likeness (QED) is 0.503. The first kappa shape index (κ1) is 20.2. The van der Waals surface area contributed by atoms with Gasteiger partial charge in [-0.3, -0.25) is 19.3 Å². The van der Waals surface area contributed by atoms with E-state index in [-0.39, 0.29) is 13.2 Å². The van der Waals surface area contributed by atoms with Gasteiger partial charge in [-0.2, -0.15) is 0 Å². The van der Waals surface area contributed by atoms with Gasteiger partial charge in [-0.05, 0) is 61.5 Å². The molecule has 1 aliphatic rings. The summed E-state index contributed by atoms with van der Waals surface area (Å²) in [4.78, 5) is 39.4. The van der Waals surface area contributed by atoms with Crippen LogP contribution >= 0.6 is 23.5 Å². The number of thioether (sulfide) groups is 1. The summed E-state index contributed by atoms with van der Waals surface area (Å²) < 4.78 is 4.81. The number of ether oxygens (including phenoxy) is 1. The molecule has 28 heavy (non-hydrogen) atoms. The van der Waals surface area contributed by atoms with Gasteiger partial charge in [0.15, 0.2) is 0 Å². The number of benzene rings is 2. The molecule has 2 aromatic carbocycles. The highest BCUT2D eigenvalue weighted by atomic mass is 32.2. The molecule has 1 fully saturated rings. The molecule has 0 radical (unpaired) electrons. The van der Waals surface area contributed by atoms with E-state index in [0.717, 1.165) is 32.0 Å². The van der Waals surface area contributed by atoms with E-state index >= 15 is 0 Å². The maximum Gasteiger partial charge on any atom is 0.326 e. The van der Waals surface area contributed by atoms with Gasteiger partial charge in [0.2, 0.25) is 0 Å². The molecule has 1 heterocycles. The van der Waals surface area contributed by atoms with Crippen molar-refractivity contribution in [2.45, 2.75) is 23.6 Å². The second-order valence-electron chi connectivity index (χ2n) is 6.06. The van der Waals surface area contributed by atoms with E-state index in [1.54, 1.807) is 24.8 Å². The first-order valence-corrected chi connectivity index (χ1v) is 10.3. The fourth-order valence-corrected chi connectivity index (χ4v) is 4.15. The Morgan fingerprint density at radius 2 is 1.68 bits per heavy atom. The van der Waals surface area contributed by atoms with E-state index in [1.165, 1.54) is 5.56 Å². The number of carbonyl (C=O) groups is 3. The van der Waals surface area contributed by atoms with Crippen LogP contribution in [0, 0.1) is 6.92 Å². The number of hydrogen-bond acceptors (Lipinski definition) is 6. The molecule has 1 aliphatic heterocycles. The van der Waals surface area contributed by atoms with Crippen LogP contribution in [0.5, 0.6) is 0 Å². The van der Waals surface area contributed by atoms with Crippen molar-refractivity contribution in [3.8, 4) is 0 Å². The standard InChI is InChI=1S/C21H19NO4S2/c1-3-26-19(23)13-22-20(24)18(28-21(22)25)12-15-6-10-17(11-7-15)27-16-8-4-14(2)5-9-16/h4-12H,3,13H2,1-2H3/b18-12+. The molecule has 0 aromatic heterocycles. The number of hydrogen-bond donors (Lipinski definition) is 0. The number of esters is 1. The summed E-state index contributed by atoms with van der Waals surface area (Å²) in [6, 6.07) is 16.0. The van der Waals surface area contributed by atoms with Gasteiger partial charge in [-0.25, -0.2) is 0 Å². The van der Waals surface area contributed by atoms with Crippen LogP contribution in [-0.4, -0.2) is 35.2 Å². The summed E-state index contributed by atoms with van der Waals surface area (Å²) in [5, 5.41) is -0.462. The van der Waals surface area contributed by atoms with Crippen LogP contribution in [0.15, 0.2) is 63.2 Å². The second kappa shape index (κ2) is 9.12. The second-order valence-corrected chi connectivity index (χ2v) is 8.20. The molecular formula is C21H19NO4S2. The number of aryl methyl sites for hydroxylation is 1. The third-order valence-electron chi connectivity index (χ3n) is 3.90. The van der Waals surface area contributed by atoms with E-state index in [0.29, 0.717) is 4.91 Å². The minimum Gasteiger partial charge on any atom is -0.465 e. The largest absolute Gasteiger partial charge is 0.465 e. The SMILES string of the molecule is CCOC(=O)CN1C(=O)S/C(=C/c2ccc(Sc3ccc(C)cc3)cc2)C1=O. The molecule has 1 saturated heterocycles. The Hall–Kier alpha value is -2.51. The molecule has 2 amide bonds. The first-order valence-electron chi connectivity index (χ1n) is 8.72. The summed E-state index contributed by atoms with van der Waals surface area (Å²) >= 11 is 2.48. The average Bonchev–Trinajstić information content (AvgIpc) is 2.93. The first-order chi connectivity index (χ1) is 13.5. The van der Waals surface area contributed by atoms with Gasteiger partial charge in [0.1, 0.15) is 6.54 Å². The highest BCUT2D eigenvalue weighted by Crippen LogP contribution is 2.33. The molecule has 0 spiro atoms. The summed E-state index contributed by atoms with van der Waals surface area (Å²) in [7, 11) is 0. The van der Waals surface area contributed by atoms with Crippen molar-refractivity contribution in [3.63, 3.8) is 0 Å². The zero-order chi connectivity index (χ0) is 20.1. The molecule has 5 nitrogen and oxygen atoms in total. The van der Waals surface area contributed by atoms with Gasteiger partial charge in [-0.15, -0.1) is 0 Å². The molecule has 2 aromatic rings. The van der Waals surface area contributed by atoms with Crippen LogP contribution in [0.1, 0.15) is 18.1 Å². The van der Waals surface area contributed by atoms with Gasteiger partial charge in [0, 0.05) is 9.79 Å². The molecule has 0 saturated carbocycles. The smallest absolute Gasteiger partial charge is 0.326 e. The van der Waals surface area contributed by atoms with Gasteiger partial charge >= 0.3 is 5.97 Å². The molecule has 0 N–H and O–H groups in total. The lowest BCUT2D eigenvalue weighted by Crippen LogP contribution is -2.34. The van der Waals surface area contributed by atoms with E-state index in [2.05, 4.69) is 31.2 Å². The van der Waals surface area contributed by atoms with E-state index in [1.807, 2.05) is 24.3 Å². The molecular weight excluding hydrogens is 394 g/mol. The Balaban J connectivity index is 1.68. The lowest BCUT2D eigenvalue weighted by Gasteiger charge is -2.10. The monoisotopic (exact) mass is 413 g/mol. The van der Waals surface area contributed by atoms with Crippen molar-refractivity contribution in [1.29, 1.82) is 0 Å². The van der Waals surface area contributed by atoms with Crippen molar-refractivity contribution in [1.82, 2.24) is 4.90 Å². The fourth-order valence-electron chi connectivity index (χ4n) is 2.50. The van der Waals surface area contributed by atoms with Crippen molar-refractivity contribution in [2.24, 2.45) is 0 Å². The molecule has 144 valence electrons. The summed E-state index contributed by atoms with van der Waals surface area (Å²) in [5.41, 5.74) is 2.03. The summed E-state index contributed by atoms with van der Waals surface area (Å²) in [5.74, 6) is -1.07. The van der Waals surface area contributed by atoms with Crippen LogP contribution in [0.3, 0.4) is 0 Å². The summed E-state index contributed by atoms with van der Waals surface area (Å²) in [6.45, 7) is 3.57. The van der Waals surface area contributed by atoms with Crippen LogP contribution in [0.2, 0.25) is 0 Å². The zero-order valence-electron chi connectivity index (χ0n) is 15.5.